The molecule has 64 valence electrons. The monoisotopic (exact) mass is 175 g/mol. The van der Waals surface area contributed by atoms with Crippen LogP contribution in [-0.2, 0) is 6.42 Å². The highest BCUT2D eigenvalue weighted by atomic mass is 16.2. The predicted molar refractivity (Wildman–Crippen MR) is 42.9 cm³/mol. The SMILES string of the molecule is N#CCc1ccc2n[nH]c(=O)n2n1. The Balaban J connectivity index is 2.67. The van der Waals surface area contributed by atoms with Gasteiger partial charge < -0.3 is 0 Å². The molecule has 0 bridgehead atoms. The summed E-state index contributed by atoms with van der Waals surface area (Å²) >= 11 is 0. The lowest BCUT2D eigenvalue weighted by molar-refractivity contribution is 0.842. The highest BCUT2D eigenvalue weighted by Crippen LogP contribution is 1.96. The fourth-order valence-electron chi connectivity index (χ4n) is 1.02. The van der Waals surface area contributed by atoms with E-state index in [9.17, 15) is 4.79 Å². The first-order valence-electron chi connectivity index (χ1n) is 3.61. The van der Waals surface area contributed by atoms with E-state index >= 15 is 0 Å². The first-order chi connectivity index (χ1) is 6.31. The number of rotatable bonds is 1. The smallest absolute Gasteiger partial charge is 0.244 e. The number of nitrogens with one attached hydrogen (secondary N) is 1. The van der Waals surface area contributed by atoms with Crippen LogP contribution in [0, 0.1) is 11.3 Å². The minimum absolute atomic E-state index is 0.188. The zero-order chi connectivity index (χ0) is 9.26. The summed E-state index contributed by atoms with van der Waals surface area (Å²) in [6.45, 7) is 0. The van der Waals surface area contributed by atoms with Crippen molar-refractivity contribution in [2.24, 2.45) is 0 Å². The van der Waals surface area contributed by atoms with E-state index in [4.69, 9.17) is 5.26 Å². The van der Waals surface area contributed by atoms with Crippen LogP contribution in [0.25, 0.3) is 5.65 Å². The number of hydrogen-bond acceptors (Lipinski definition) is 4. The van der Waals surface area contributed by atoms with E-state index in [0.29, 0.717) is 11.3 Å². The van der Waals surface area contributed by atoms with E-state index in [0.717, 1.165) is 4.52 Å². The van der Waals surface area contributed by atoms with Crippen LogP contribution >= 0.6 is 0 Å². The second kappa shape index (κ2) is 2.71. The molecule has 1 N–H and O–H groups in total. The number of hydrogen-bond donors (Lipinski definition) is 1. The molecule has 2 aromatic rings. The van der Waals surface area contributed by atoms with Crippen LogP contribution in [-0.4, -0.2) is 19.8 Å². The van der Waals surface area contributed by atoms with Gasteiger partial charge >= 0.3 is 5.69 Å². The summed E-state index contributed by atoms with van der Waals surface area (Å²) in [5.74, 6) is 0. The number of fused-ring (bicyclic) bond motifs is 1. The molecule has 2 heterocycles. The lowest BCUT2D eigenvalue weighted by Crippen LogP contribution is -2.13. The third-order valence-corrected chi connectivity index (χ3v) is 1.59. The molecule has 0 saturated carbocycles. The second-order valence-corrected chi connectivity index (χ2v) is 2.46. The molecular weight excluding hydrogens is 170 g/mol. The van der Waals surface area contributed by atoms with Gasteiger partial charge in [0.05, 0.1) is 18.2 Å². The fraction of sp³-hybridized carbons (Fsp3) is 0.143. The van der Waals surface area contributed by atoms with Crippen LogP contribution in [0.1, 0.15) is 5.69 Å². The molecule has 0 saturated heterocycles. The van der Waals surface area contributed by atoms with Gasteiger partial charge in [-0.2, -0.15) is 20.0 Å². The van der Waals surface area contributed by atoms with Crippen molar-refractivity contribution in [2.75, 3.05) is 0 Å². The zero-order valence-electron chi connectivity index (χ0n) is 6.56. The van der Waals surface area contributed by atoms with Crippen molar-refractivity contribution >= 4 is 5.65 Å². The van der Waals surface area contributed by atoms with Crippen molar-refractivity contribution in [2.45, 2.75) is 6.42 Å². The van der Waals surface area contributed by atoms with Gasteiger partial charge in [-0.3, -0.25) is 0 Å². The third kappa shape index (κ3) is 1.16. The molecule has 0 aromatic carbocycles. The van der Waals surface area contributed by atoms with Crippen LogP contribution in [0.2, 0.25) is 0 Å². The van der Waals surface area contributed by atoms with Gasteiger partial charge in [0.15, 0.2) is 5.65 Å². The first kappa shape index (κ1) is 7.49. The molecule has 6 nitrogen and oxygen atoms in total. The summed E-state index contributed by atoms with van der Waals surface area (Å²) in [6, 6.07) is 5.25. The quantitative estimate of drug-likeness (QED) is 0.632. The zero-order valence-corrected chi connectivity index (χ0v) is 6.56. The van der Waals surface area contributed by atoms with Crippen molar-refractivity contribution in [1.29, 1.82) is 5.26 Å². The highest BCUT2D eigenvalue weighted by molar-refractivity contribution is 5.34. The molecule has 0 atom stereocenters. The molecule has 13 heavy (non-hydrogen) atoms. The maximum Gasteiger partial charge on any atom is 0.364 e. The Hall–Kier alpha value is -2.16. The lowest BCUT2D eigenvalue weighted by Gasteiger charge is -1.92. The molecule has 2 rings (SSSR count). The third-order valence-electron chi connectivity index (χ3n) is 1.59. The Morgan fingerprint density at radius 3 is 3.23 bits per heavy atom. The van der Waals surface area contributed by atoms with E-state index in [1.807, 2.05) is 6.07 Å². The van der Waals surface area contributed by atoms with E-state index in [-0.39, 0.29) is 6.42 Å². The van der Waals surface area contributed by atoms with Crippen molar-refractivity contribution in [3.63, 3.8) is 0 Å². The van der Waals surface area contributed by atoms with E-state index in [2.05, 4.69) is 15.3 Å². The van der Waals surface area contributed by atoms with E-state index < -0.39 is 5.69 Å². The molecule has 0 fully saturated rings. The molecular formula is C7H5N5O. The van der Waals surface area contributed by atoms with Crippen molar-refractivity contribution < 1.29 is 0 Å². The Bertz CT molecular complexity index is 532. The largest absolute Gasteiger partial charge is 0.364 e. The number of aromatic amines is 1. The number of H-pyrrole nitrogens is 1. The van der Waals surface area contributed by atoms with Crippen molar-refractivity contribution in [3.05, 3.63) is 28.3 Å². The van der Waals surface area contributed by atoms with Gasteiger partial charge in [-0.25, -0.2) is 9.89 Å². The summed E-state index contributed by atoms with van der Waals surface area (Å²) in [6.07, 6.45) is 0.188. The molecule has 0 aliphatic rings. The molecule has 6 heteroatoms. The molecule has 2 aromatic heterocycles. The van der Waals surface area contributed by atoms with Gasteiger partial charge in [0.25, 0.3) is 0 Å². The molecule has 0 spiro atoms. The van der Waals surface area contributed by atoms with Crippen molar-refractivity contribution in [3.8, 4) is 6.07 Å². The molecule has 0 aliphatic heterocycles. The van der Waals surface area contributed by atoms with Crippen LogP contribution in [0.15, 0.2) is 16.9 Å². The van der Waals surface area contributed by atoms with Gasteiger partial charge in [0, 0.05) is 0 Å². The Morgan fingerprint density at radius 2 is 2.46 bits per heavy atom. The van der Waals surface area contributed by atoms with Gasteiger partial charge in [-0.15, -0.1) is 0 Å². The summed E-state index contributed by atoms with van der Waals surface area (Å²) in [5.41, 5.74) is 0.611. The molecule has 0 aliphatic carbocycles. The summed E-state index contributed by atoms with van der Waals surface area (Å²) in [5, 5.41) is 18.3. The average Bonchev–Trinajstić information content (AvgIpc) is 2.49. The maximum absolute atomic E-state index is 11.0. The topological polar surface area (TPSA) is 86.8 Å². The molecule has 0 amide bonds. The van der Waals surface area contributed by atoms with Crippen molar-refractivity contribution in [1.82, 2.24) is 19.8 Å². The van der Waals surface area contributed by atoms with Gasteiger partial charge in [-0.05, 0) is 12.1 Å². The second-order valence-electron chi connectivity index (χ2n) is 2.46. The number of nitrogens with zero attached hydrogens (tertiary/aromatic N) is 4. The van der Waals surface area contributed by atoms with Crippen LogP contribution in [0.5, 0.6) is 0 Å². The Morgan fingerprint density at radius 1 is 1.62 bits per heavy atom. The van der Waals surface area contributed by atoms with Gasteiger partial charge in [-0.1, -0.05) is 0 Å². The van der Waals surface area contributed by atoms with Crippen LogP contribution in [0.3, 0.4) is 0 Å². The molecule has 0 radical (unpaired) electrons. The minimum Gasteiger partial charge on any atom is -0.244 e. The van der Waals surface area contributed by atoms with Crippen LogP contribution in [0.4, 0.5) is 0 Å². The summed E-state index contributed by atoms with van der Waals surface area (Å²) < 4.78 is 1.13. The minimum atomic E-state index is -0.394. The first-order valence-corrected chi connectivity index (χ1v) is 3.61. The standard InChI is InChI=1S/C7H5N5O/c8-4-3-5-1-2-6-9-10-7(13)12(6)11-5/h1-2H,3H2,(H,10,13). The maximum atomic E-state index is 11.0. The molecule has 0 unspecified atom stereocenters. The van der Waals surface area contributed by atoms with Gasteiger partial charge in [0.1, 0.15) is 0 Å². The van der Waals surface area contributed by atoms with Gasteiger partial charge in [0.2, 0.25) is 0 Å². The van der Waals surface area contributed by atoms with E-state index in [1.165, 1.54) is 0 Å². The fourth-order valence-corrected chi connectivity index (χ4v) is 1.02. The summed E-state index contributed by atoms with van der Waals surface area (Å²) in [7, 11) is 0. The Labute approximate surface area is 72.4 Å². The van der Waals surface area contributed by atoms with E-state index in [1.54, 1.807) is 12.1 Å². The van der Waals surface area contributed by atoms with Crippen LogP contribution < -0.4 is 5.69 Å². The average molecular weight is 175 g/mol. The normalized spacial score (nSPS) is 10.1. The lowest BCUT2D eigenvalue weighted by atomic mass is 10.3. The Kier molecular flexibility index (Phi) is 1.56. The number of nitriles is 1. The summed E-state index contributed by atoms with van der Waals surface area (Å²) in [4.78, 5) is 11.0. The highest BCUT2D eigenvalue weighted by Gasteiger charge is 2.01. The predicted octanol–water partition coefficient (Wildman–Crippen LogP) is -0.516. The number of aromatic nitrogens is 4.